The van der Waals surface area contributed by atoms with E-state index in [0.717, 1.165) is 48.1 Å². The predicted molar refractivity (Wildman–Crippen MR) is 128 cm³/mol. The highest BCUT2D eigenvalue weighted by molar-refractivity contribution is 7.19. The molecule has 1 aliphatic carbocycles. The number of piperazine rings is 1. The summed E-state index contributed by atoms with van der Waals surface area (Å²) < 4.78 is 0. The van der Waals surface area contributed by atoms with Crippen LogP contribution < -0.4 is 10.6 Å². The van der Waals surface area contributed by atoms with Crippen LogP contribution in [0.5, 0.6) is 0 Å². The van der Waals surface area contributed by atoms with Gasteiger partial charge in [-0.3, -0.25) is 0 Å². The van der Waals surface area contributed by atoms with Gasteiger partial charge in [0, 0.05) is 37.3 Å². The first kappa shape index (κ1) is 20.6. The number of hydrogen-bond acceptors (Lipinski definition) is 6. The molecule has 1 aromatic heterocycles. The second kappa shape index (κ2) is 7.71. The summed E-state index contributed by atoms with van der Waals surface area (Å²) in [7, 11) is 2.17. The number of anilines is 1. The van der Waals surface area contributed by atoms with Crippen LogP contribution >= 0.6 is 11.3 Å². The zero-order valence-electron chi connectivity index (χ0n) is 18.2. The number of benzene rings is 2. The highest BCUT2D eigenvalue weighted by atomic mass is 32.1. The van der Waals surface area contributed by atoms with Crippen LogP contribution in [0.15, 0.2) is 54.6 Å². The Morgan fingerprint density at radius 1 is 0.935 bits per heavy atom. The Morgan fingerprint density at radius 3 is 2.19 bits per heavy atom. The fraction of sp³-hybridized carbons (Fsp3) is 0.400. The van der Waals surface area contributed by atoms with Crippen LogP contribution in [0.3, 0.4) is 0 Å². The van der Waals surface area contributed by atoms with Gasteiger partial charge in [0.15, 0.2) is 5.13 Å². The molecule has 6 heteroatoms. The van der Waals surface area contributed by atoms with Gasteiger partial charge in [0.2, 0.25) is 0 Å². The Balaban J connectivity index is 1.49. The van der Waals surface area contributed by atoms with Gasteiger partial charge in [-0.2, -0.15) is 0 Å². The van der Waals surface area contributed by atoms with Crippen molar-refractivity contribution in [3.05, 3.63) is 60.2 Å². The van der Waals surface area contributed by atoms with E-state index < -0.39 is 11.1 Å². The monoisotopic (exact) mass is 434 g/mol. The molecule has 3 N–H and O–H groups in total. The summed E-state index contributed by atoms with van der Waals surface area (Å²) in [6.07, 6.45) is 1.19. The lowest BCUT2D eigenvalue weighted by Crippen LogP contribution is -2.58. The third-order valence-electron chi connectivity index (χ3n) is 6.55. The SMILES string of the molecule is CN1CCN(c2nc(-c3ccc([C@]4(N)C[C@](C)(O)C4)cc3)c(-c3ccccc3)s2)CC1. The Kier molecular flexibility index (Phi) is 5.13. The van der Waals surface area contributed by atoms with Crippen LogP contribution in [0.1, 0.15) is 25.3 Å². The molecule has 0 radical (unpaired) electrons. The summed E-state index contributed by atoms with van der Waals surface area (Å²) in [5, 5.41) is 11.2. The minimum Gasteiger partial charge on any atom is -0.390 e. The highest BCUT2D eigenvalue weighted by Crippen LogP contribution is 2.47. The molecule has 0 amide bonds. The molecule has 0 atom stereocenters. The van der Waals surface area contributed by atoms with E-state index in [1.54, 1.807) is 11.3 Å². The van der Waals surface area contributed by atoms with Crippen molar-refractivity contribution < 1.29 is 5.11 Å². The molecule has 2 aliphatic rings. The van der Waals surface area contributed by atoms with Gasteiger partial charge in [0.1, 0.15) is 0 Å². The topological polar surface area (TPSA) is 65.6 Å². The summed E-state index contributed by atoms with van der Waals surface area (Å²) in [5.41, 5.74) is 9.87. The van der Waals surface area contributed by atoms with Crippen LogP contribution in [0.4, 0.5) is 5.13 Å². The molecule has 0 spiro atoms. The number of rotatable bonds is 4. The number of nitrogens with zero attached hydrogens (tertiary/aromatic N) is 3. The molecule has 2 heterocycles. The summed E-state index contributed by atoms with van der Waals surface area (Å²) in [4.78, 5) is 11.1. The lowest BCUT2D eigenvalue weighted by Gasteiger charge is -2.49. The largest absolute Gasteiger partial charge is 0.390 e. The number of thiazole rings is 1. The number of aromatic nitrogens is 1. The second-order valence-electron chi connectivity index (χ2n) is 9.41. The third kappa shape index (κ3) is 4.01. The average Bonchev–Trinajstić information content (AvgIpc) is 3.19. The minimum absolute atomic E-state index is 0.433. The van der Waals surface area contributed by atoms with E-state index in [9.17, 15) is 5.11 Å². The smallest absolute Gasteiger partial charge is 0.186 e. The first-order valence-electron chi connectivity index (χ1n) is 10.9. The summed E-state index contributed by atoms with van der Waals surface area (Å²) in [5.74, 6) is 0. The number of likely N-dealkylation sites (N-methyl/N-ethyl adjacent to an activating group) is 1. The highest BCUT2D eigenvalue weighted by Gasteiger charge is 2.49. The maximum Gasteiger partial charge on any atom is 0.186 e. The molecular formula is C25H30N4OS. The third-order valence-corrected chi connectivity index (χ3v) is 7.72. The van der Waals surface area contributed by atoms with E-state index in [2.05, 4.69) is 71.4 Å². The van der Waals surface area contributed by atoms with Crippen LogP contribution in [0.2, 0.25) is 0 Å². The molecule has 1 saturated carbocycles. The fourth-order valence-electron chi connectivity index (χ4n) is 4.89. The van der Waals surface area contributed by atoms with Gasteiger partial charge < -0.3 is 20.6 Å². The first-order valence-corrected chi connectivity index (χ1v) is 11.8. The normalized spacial score (nSPS) is 26.6. The van der Waals surface area contributed by atoms with Gasteiger partial charge in [-0.05, 0) is 37.9 Å². The Labute approximate surface area is 188 Å². The number of aliphatic hydroxyl groups is 1. The molecule has 1 aliphatic heterocycles. The lowest BCUT2D eigenvalue weighted by atomic mass is 9.63. The Bertz CT molecular complexity index is 1040. The zero-order valence-corrected chi connectivity index (χ0v) is 19.0. The van der Waals surface area contributed by atoms with Crippen molar-refractivity contribution in [3.63, 3.8) is 0 Å². The van der Waals surface area contributed by atoms with Crippen LogP contribution in [-0.2, 0) is 5.54 Å². The number of hydrogen-bond donors (Lipinski definition) is 2. The maximum absolute atomic E-state index is 10.2. The van der Waals surface area contributed by atoms with Crippen molar-refractivity contribution >= 4 is 16.5 Å². The van der Waals surface area contributed by atoms with Crippen LogP contribution in [0.25, 0.3) is 21.7 Å². The lowest BCUT2D eigenvalue weighted by molar-refractivity contribution is -0.0738. The predicted octanol–water partition coefficient (Wildman–Crippen LogP) is 3.93. The van der Waals surface area contributed by atoms with E-state index in [0.29, 0.717) is 12.8 Å². The van der Waals surface area contributed by atoms with E-state index in [1.165, 1.54) is 10.4 Å². The van der Waals surface area contributed by atoms with Crippen LogP contribution in [-0.4, -0.2) is 53.8 Å². The van der Waals surface area contributed by atoms with Gasteiger partial charge in [-0.15, -0.1) is 0 Å². The number of nitrogens with two attached hydrogens (primary N) is 1. The molecule has 0 unspecified atom stereocenters. The van der Waals surface area contributed by atoms with Crippen molar-refractivity contribution in [2.24, 2.45) is 5.73 Å². The van der Waals surface area contributed by atoms with Gasteiger partial charge in [-0.25, -0.2) is 4.98 Å². The van der Waals surface area contributed by atoms with Gasteiger partial charge in [-0.1, -0.05) is 65.9 Å². The maximum atomic E-state index is 10.2. The van der Waals surface area contributed by atoms with Crippen molar-refractivity contribution in [1.82, 2.24) is 9.88 Å². The quantitative estimate of drug-likeness (QED) is 0.651. The molecule has 31 heavy (non-hydrogen) atoms. The van der Waals surface area contributed by atoms with E-state index >= 15 is 0 Å². The van der Waals surface area contributed by atoms with Gasteiger partial charge in [0.05, 0.1) is 16.2 Å². The molecule has 2 fully saturated rings. The molecule has 0 bridgehead atoms. The molecule has 2 aromatic carbocycles. The zero-order chi connectivity index (χ0) is 21.6. The van der Waals surface area contributed by atoms with Crippen molar-refractivity contribution in [3.8, 4) is 21.7 Å². The van der Waals surface area contributed by atoms with Crippen LogP contribution in [0, 0.1) is 0 Å². The summed E-state index contributed by atoms with van der Waals surface area (Å²) in [6.45, 7) is 5.99. The van der Waals surface area contributed by atoms with Gasteiger partial charge >= 0.3 is 0 Å². The Hall–Kier alpha value is -2.25. The average molecular weight is 435 g/mol. The van der Waals surface area contributed by atoms with Crippen molar-refractivity contribution in [2.45, 2.75) is 30.9 Å². The molecule has 1 saturated heterocycles. The van der Waals surface area contributed by atoms with E-state index in [4.69, 9.17) is 10.7 Å². The molecule has 5 nitrogen and oxygen atoms in total. The summed E-state index contributed by atoms with van der Waals surface area (Å²) in [6, 6.07) is 19.0. The van der Waals surface area contributed by atoms with Crippen molar-refractivity contribution in [1.29, 1.82) is 0 Å². The van der Waals surface area contributed by atoms with Crippen molar-refractivity contribution in [2.75, 3.05) is 38.1 Å². The Morgan fingerprint density at radius 2 is 1.58 bits per heavy atom. The second-order valence-corrected chi connectivity index (χ2v) is 10.4. The van der Waals surface area contributed by atoms with Gasteiger partial charge in [0.25, 0.3) is 0 Å². The fourth-order valence-corrected chi connectivity index (χ4v) is 6.04. The van der Waals surface area contributed by atoms with E-state index in [-0.39, 0.29) is 0 Å². The standard InChI is InChI=1S/C25H30N4OS/c1-24(30)16-25(26,17-24)20-10-8-18(9-11-20)21-22(19-6-4-3-5-7-19)31-23(27-21)29-14-12-28(2)13-15-29/h3-11,30H,12-17,26H2,1-2H3/t24-,25-. The summed E-state index contributed by atoms with van der Waals surface area (Å²) >= 11 is 1.78. The molecular weight excluding hydrogens is 404 g/mol. The first-order chi connectivity index (χ1) is 14.8. The molecule has 3 aromatic rings. The van der Waals surface area contributed by atoms with E-state index in [1.807, 2.05) is 6.92 Å². The molecule has 5 rings (SSSR count). The molecule has 162 valence electrons. The minimum atomic E-state index is -0.653.